The van der Waals surface area contributed by atoms with Crippen molar-refractivity contribution in [1.29, 1.82) is 0 Å². The fourth-order valence-corrected chi connectivity index (χ4v) is 3.65. The minimum Gasteiger partial charge on any atom is -0.302 e. The maximum Gasteiger partial charge on any atom is 0.229 e. The third-order valence-corrected chi connectivity index (χ3v) is 4.93. The molecule has 2 aliphatic carbocycles. The molecule has 1 aromatic heterocycles. The van der Waals surface area contributed by atoms with Gasteiger partial charge in [0, 0.05) is 10.8 Å². The van der Waals surface area contributed by atoms with Crippen molar-refractivity contribution >= 4 is 22.4 Å². The number of thiazole rings is 1. The molecule has 4 heteroatoms. The van der Waals surface area contributed by atoms with Crippen LogP contribution in [0.2, 0.25) is 0 Å². The van der Waals surface area contributed by atoms with Crippen LogP contribution in [0, 0.1) is 11.8 Å². The van der Waals surface area contributed by atoms with Crippen molar-refractivity contribution < 1.29 is 4.79 Å². The van der Waals surface area contributed by atoms with Crippen LogP contribution in [-0.2, 0) is 17.6 Å². The first kappa shape index (κ1) is 11.2. The van der Waals surface area contributed by atoms with Crippen molar-refractivity contribution in [2.24, 2.45) is 11.8 Å². The normalized spacial score (nSPS) is 23.9. The van der Waals surface area contributed by atoms with Gasteiger partial charge in [-0.3, -0.25) is 4.79 Å². The Morgan fingerprint density at radius 2 is 2.24 bits per heavy atom. The van der Waals surface area contributed by atoms with Gasteiger partial charge in [0.25, 0.3) is 0 Å². The number of aryl methyl sites for hydroxylation is 1. The van der Waals surface area contributed by atoms with Crippen LogP contribution < -0.4 is 5.32 Å². The first-order valence-corrected chi connectivity index (χ1v) is 7.33. The smallest absolute Gasteiger partial charge is 0.229 e. The summed E-state index contributed by atoms with van der Waals surface area (Å²) in [4.78, 5) is 17.8. The maximum absolute atomic E-state index is 11.8. The minimum absolute atomic E-state index is 0.176. The van der Waals surface area contributed by atoms with E-state index in [9.17, 15) is 4.79 Å². The Bertz CT molecular complexity index is 437. The summed E-state index contributed by atoms with van der Waals surface area (Å²) >= 11 is 1.68. The summed E-state index contributed by atoms with van der Waals surface area (Å²) in [6.45, 7) is 2.29. The third-order valence-electron chi connectivity index (χ3n) is 3.89. The lowest BCUT2D eigenvalue weighted by atomic mass is 9.85. The number of nitrogens with one attached hydrogen (secondary N) is 1. The fourth-order valence-electron chi connectivity index (χ4n) is 2.47. The number of nitrogens with zero attached hydrogens (tertiary/aromatic N) is 1. The highest BCUT2D eigenvalue weighted by Gasteiger charge is 2.27. The molecule has 0 spiro atoms. The number of rotatable bonds is 2. The van der Waals surface area contributed by atoms with E-state index in [1.165, 1.54) is 23.4 Å². The molecule has 0 unspecified atom stereocenters. The van der Waals surface area contributed by atoms with E-state index in [0.29, 0.717) is 0 Å². The van der Waals surface area contributed by atoms with Gasteiger partial charge < -0.3 is 5.32 Å². The number of fused-ring (bicyclic) bond motifs is 1. The van der Waals surface area contributed by atoms with Crippen LogP contribution in [0.25, 0.3) is 0 Å². The van der Waals surface area contributed by atoms with E-state index >= 15 is 0 Å². The second-order valence-electron chi connectivity index (χ2n) is 5.35. The molecule has 3 rings (SSSR count). The van der Waals surface area contributed by atoms with Crippen molar-refractivity contribution in [3.63, 3.8) is 0 Å². The standard InChI is InChI=1S/C13H18N2OS/c1-8-5-6-10-11(7-8)17-13(14-10)15-12(16)9-3-2-4-9/h8-9H,2-7H2,1H3,(H,14,15,16)/t8-/m1/s1. The summed E-state index contributed by atoms with van der Waals surface area (Å²) in [5, 5.41) is 3.80. The molecule has 17 heavy (non-hydrogen) atoms. The first-order valence-electron chi connectivity index (χ1n) is 6.52. The van der Waals surface area contributed by atoms with E-state index < -0.39 is 0 Å². The van der Waals surface area contributed by atoms with Gasteiger partial charge in [0.05, 0.1) is 5.69 Å². The average Bonchev–Trinajstić information content (AvgIpc) is 2.55. The lowest BCUT2D eigenvalue weighted by molar-refractivity contribution is -0.122. The SMILES string of the molecule is C[C@@H]1CCc2nc(NC(=O)C3CCC3)sc2C1. The van der Waals surface area contributed by atoms with Crippen LogP contribution in [-0.4, -0.2) is 10.9 Å². The van der Waals surface area contributed by atoms with E-state index in [1.807, 2.05) is 0 Å². The highest BCUT2D eigenvalue weighted by Crippen LogP contribution is 2.33. The number of anilines is 1. The number of hydrogen-bond acceptors (Lipinski definition) is 3. The Labute approximate surface area is 106 Å². The summed E-state index contributed by atoms with van der Waals surface area (Å²) < 4.78 is 0. The van der Waals surface area contributed by atoms with E-state index in [1.54, 1.807) is 11.3 Å². The largest absolute Gasteiger partial charge is 0.302 e. The summed E-state index contributed by atoms with van der Waals surface area (Å²) in [5.74, 6) is 1.18. The summed E-state index contributed by atoms with van der Waals surface area (Å²) in [5.41, 5.74) is 1.22. The van der Waals surface area contributed by atoms with Gasteiger partial charge in [-0.05, 0) is 38.0 Å². The van der Waals surface area contributed by atoms with Gasteiger partial charge in [-0.1, -0.05) is 13.3 Å². The lowest BCUT2D eigenvalue weighted by Crippen LogP contribution is -2.27. The van der Waals surface area contributed by atoms with Crippen LogP contribution in [0.5, 0.6) is 0 Å². The molecule has 1 amide bonds. The zero-order chi connectivity index (χ0) is 11.8. The van der Waals surface area contributed by atoms with Gasteiger partial charge >= 0.3 is 0 Å². The zero-order valence-corrected chi connectivity index (χ0v) is 11.0. The van der Waals surface area contributed by atoms with Crippen molar-refractivity contribution in [2.45, 2.75) is 45.4 Å². The second-order valence-corrected chi connectivity index (χ2v) is 6.44. The number of amides is 1. The average molecular weight is 250 g/mol. The number of carbonyl (C=O) groups excluding carboxylic acids is 1. The zero-order valence-electron chi connectivity index (χ0n) is 10.2. The van der Waals surface area contributed by atoms with Gasteiger partial charge in [-0.2, -0.15) is 0 Å². The van der Waals surface area contributed by atoms with Gasteiger partial charge in [-0.15, -0.1) is 11.3 Å². The van der Waals surface area contributed by atoms with Crippen LogP contribution in [0.3, 0.4) is 0 Å². The molecule has 1 saturated carbocycles. The predicted molar refractivity (Wildman–Crippen MR) is 69.3 cm³/mol. The molecular formula is C13H18N2OS. The van der Waals surface area contributed by atoms with Crippen LogP contribution in [0.15, 0.2) is 0 Å². The highest BCUT2D eigenvalue weighted by atomic mass is 32.1. The molecule has 1 N–H and O–H groups in total. The van der Waals surface area contributed by atoms with Crippen molar-refractivity contribution in [3.8, 4) is 0 Å². The number of hydrogen-bond donors (Lipinski definition) is 1. The quantitative estimate of drug-likeness (QED) is 0.876. The molecule has 92 valence electrons. The number of aromatic nitrogens is 1. The molecule has 0 bridgehead atoms. The minimum atomic E-state index is 0.176. The Kier molecular flexibility index (Phi) is 2.90. The van der Waals surface area contributed by atoms with Crippen molar-refractivity contribution in [3.05, 3.63) is 10.6 Å². The molecule has 0 aliphatic heterocycles. The Morgan fingerprint density at radius 3 is 2.94 bits per heavy atom. The van der Waals surface area contributed by atoms with E-state index in [0.717, 1.165) is 36.7 Å². The van der Waals surface area contributed by atoms with Gasteiger partial charge in [0.2, 0.25) is 5.91 Å². The molecule has 0 saturated heterocycles. The van der Waals surface area contributed by atoms with E-state index in [-0.39, 0.29) is 11.8 Å². The second kappa shape index (κ2) is 4.41. The third kappa shape index (κ3) is 2.23. The summed E-state index contributed by atoms with van der Waals surface area (Å²) in [7, 11) is 0. The molecular weight excluding hydrogens is 232 g/mol. The Hall–Kier alpha value is -0.900. The molecule has 2 aliphatic rings. The van der Waals surface area contributed by atoms with Crippen LogP contribution in [0.1, 0.15) is 43.2 Å². The highest BCUT2D eigenvalue weighted by molar-refractivity contribution is 7.15. The lowest BCUT2D eigenvalue weighted by Gasteiger charge is -2.23. The van der Waals surface area contributed by atoms with Crippen LogP contribution >= 0.6 is 11.3 Å². The fraction of sp³-hybridized carbons (Fsp3) is 0.692. The molecule has 1 aromatic rings. The molecule has 1 atom stereocenters. The topological polar surface area (TPSA) is 42.0 Å². The maximum atomic E-state index is 11.8. The molecule has 0 aromatic carbocycles. The van der Waals surface area contributed by atoms with E-state index in [4.69, 9.17) is 0 Å². The van der Waals surface area contributed by atoms with Crippen molar-refractivity contribution in [1.82, 2.24) is 4.98 Å². The Balaban J connectivity index is 1.69. The molecule has 1 heterocycles. The predicted octanol–water partition coefficient (Wildman–Crippen LogP) is 3.01. The van der Waals surface area contributed by atoms with Crippen molar-refractivity contribution in [2.75, 3.05) is 5.32 Å². The first-order chi connectivity index (χ1) is 8.22. The summed E-state index contributed by atoms with van der Waals surface area (Å²) in [6.07, 6.45) is 6.73. The van der Waals surface area contributed by atoms with Crippen LogP contribution in [0.4, 0.5) is 5.13 Å². The molecule has 0 radical (unpaired) electrons. The number of carbonyl (C=O) groups is 1. The van der Waals surface area contributed by atoms with Gasteiger partial charge in [-0.25, -0.2) is 4.98 Å². The molecule has 3 nitrogen and oxygen atoms in total. The molecule has 1 fully saturated rings. The van der Waals surface area contributed by atoms with Gasteiger partial charge in [0.15, 0.2) is 5.13 Å². The van der Waals surface area contributed by atoms with Gasteiger partial charge in [0.1, 0.15) is 0 Å². The summed E-state index contributed by atoms with van der Waals surface area (Å²) in [6, 6.07) is 0. The Morgan fingerprint density at radius 1 is 1.41 bits per heavy atom. The van der Waals surface area contributed by atoms with E-state index in [2.05, 4.69) is 17.2 Å². The monoisotopic (exact) mass is 250 g/mol.